The van der Waals surface area contributed by atoms with Gasteiger partial charge in [0.25, 0.3) is 0 Å². The van der Waals surface area contributed by atoms with E-state index in [9.17, 15) is 4.39 Å². The molecule has 0 N–H and O–H groups in total. The average molecular weight is 182 g/mol. The van der Waals surface area contributed by atoms with Crippen LogP contribution in [0.25, 0.3) is 10.8 Å². The Morgan fingerprint density at radius 2 is 2.17 bits per heavy atom. The lowest BCUT2D eigenvalue weighted by Gasteiger charge is -1.98. The number of benzene rings is 1. The molecule has 0 radical (unpaired) electrons. The molecule has 0 amide bonds. The summed E-state index contributed by atoms with van der Waals surface area (Å²) >= 11 is 5.79. The molecule has 0 aliphatic carbocycles. The molecule has 0 spiro atoms. The number of pyridine rings is 1. The van der Waals surface area contributed by atoms with Crippen LogP contribution < -0.4 is 0 Å². The van der Waals surface area contributed by atoms with Crippen molar-refractivity contribution in [1.29, 1.82) is 0 Å². The van der Waals surface area contributed by atoms with Gasteiger partial charge in [0, 0.05) is 23.2 Å². The fourth-order valence-corrected chi connectivity index (χ4v) is 1.40. The van der Waals surface area contributed by atoms with Crippen molar-refractivity contribution >= 4 is 22.4 Å². The molecular formula is C9H5ClFN. The van der Waals surface area contributed by atoms with Crippen LogP contribution in [0.4, 0.5) is 4.39 Å². The summed E-state index contributed by atoms with van der Waals surface area (Å²) in [5.74, 6) is -0.333. The number of hydrogen-bond acceptors (Lipinski definition) is 1. The van der Waals surface area contributed by atoms with E-state index in [0.717, 1.165) is 10.8 Å². The minimum absolute atomic E-state index is 0.333. The van der Waals surface area contributed by atoms with E-state index in [2.05, 4.69) is 4.98 Å². The first-order valence-corrected chi connectivity index (χ1v) is 3.84. The molecule has 0 fully saturated rings. The Kier molecular flexibility index (Phi) is 1.70. The fraction of sp³-hybridized carbons (Fsp3) is 0. The highest BCUT2D eigenvalue weighted by Crippen LogP contribution is 2.23. The normalized spacial score (nSPS) is 10.5. The van der Waals surface area contributed by atoms with Crippen molar-refractivity contribution in [3.63, 3.8) is 0 Å². The molecule has 60 valence electrons. The first kappa shape index (κ1) is 7.50. The number of rotatable bonds is 0. The van der Waals surface area contributed by atoms with Gasteiger partial charge in [0.15, 0.2) is 0 Å². The summed E-state index contributed by atoms with van der Waals surface area (Å²) in [7, 11) is 0. The third-order valence-electron chi connectivity index (χ3n) is 1.67. The van der Waals surface area contributed by atoms with Crippen LogP contribution in [0.1, 0.15) is 0 Å². The molecule has 3 heteroatoms. The standard InChI is InChI=1S/C9H5ClFN/c10-9-4-7(11)3-6-5-12-2-1-8(6)9/h1-5H. The smallest absolute Gasteiger partial charge is 0.125 e. The topological polar surface area (TPSA) is 12.9 Å². The summed E-state index contributed by atoms with van der Waals surface area (Å²) in [6.45, 7) is 0. The van der Waals surface area contributed by atoms with Crippen LogP contribution in [-0.4, -0.2) is 4.98 Å². The molecule has 0 unspecified atom stereocenters. The molecule has 0 bridgehead atoms. The fourth-order valence-electron chi connectivity index (χ4n) is 1.13. The minimum Gasteiger partial charge on any atom is -0.264 e. The second-order valence-electron chi connectivity index (χ2n) is 2.48. The molecule has 0 saturated carbocycles. The van der Waals surface area contributed by atoms with Crippen molar-refractivity contribution in [2.75, 3.05) is 0 Å². The van der Waals surface area contributed by atoms with Crippen LogP contribution in [0.3, 0.4) is 0 Å². The zero-order valence-electron chi connectivity index (χ0n) is 6.09. The predicted octanol–water partition coefficient (Wildman–Crippen LogP) is 3.03. The number of halogens is 2. The monoisotopic (exact) mass is 181 g/mol. The van der Waals surface area contributed by atoms with Gasteiger partial charge in [-0.25, -0.2) is 4.39 Å². The van der Waals surface area contributed by atoms with Crippen LogP contribution in [-0.2, 0) is 0 Å². The molecule has 0 aliphatic heterocycles. The molecule has 12 heavy (non-hydrogen) atoms. The number of fused-ring (bicyclic) bond motifs is 1. The molecule has 0 atom stereocenters. The van der Waals surface area contributed by atoms with Crippen molar-refractivity contribution in [2.45, 2.75) is 0 Å². The molecule has 1 aromatic carbocycles. The van der Waals surface area contributed by atoms with Crippen molar-refractivity contribution in [2.24, 2.45) is 0 Å². The maximum absolute atomic E-state index is 12.8. The maximum atomic E-state index is 12.8. The lowest BCUT2D eigenvalue weighted by molar-refractivity contribution is 0.630. The van der Waals surface area contributed by atoms with E-state index < -0.39 is 0 Å². The molecule has 0 saturated heterocycles. The maximum Gasteiger partial charge on any atom is 0.125 e. The van der Waals surface area contributed by atoms with Crippen molar-refractivity contribution < 1.29 is 4.39 Å². The van der Waals surface area contributed by atoms with Gasteiger partial charge in [-0.3, -0.25) is 4.98 Å². The summed E-state index contributed by atoms with van der Waals surface area (Å²) < 4.78 is 12.8. The van der Waals surface area contributed by atoms with E-state index in [1.54, 1.807) is 18.5 Å². The van der Waals surface area contributed by atoms with Crippen molar-refractivity contribution in [1.82, 2.24) is 4.98 Å². The first-order chi connectivity index (χ1) is 5.77. The van der Waals surface area contributed by atoms with E-state index >= 15 is 0 Å². The molecule has 0 aliphatic rings. The Hall–Kier alpha value is -1.15. The van der Waals surface area contributed by atoms with Gasteiger partial charge in [0.1, 0.15) is 5.82 Å². The van der Waals surface area contributed by atoms with Gasteiger partial charge in [-0.1, -0.05) is 11.6 Å². The zero-order chi connectivity index (χ0) is 8.55. The predicted molar refractivity (Wildman–Crippen MR) is 46.7 cm³/mol. The van der Waals surface area contributed by atoms with Crippen LogP contribution >= 0.6 is 11.6 Å². The summed E-state index contributed by atoms with van der Waals surface area (Å²) in [5, 5.41) is 1.97. The third kappa shape index (κ3) is 1.14. The van der Waals surface area contributed by atoms with Crippen LogP contribution in [0.2, 0.25) is 5.02 Å². The van der Waals surface area contributed by atoms with Crippen LogP contribution in [0.5, 0.6) is 0 Å². The quantitative estimate of drug-likeness (QED) is 0.609. The van der Waals surface area contributed by atoms with E-state index in [-0.39, 0.29) is 5.82 Å². The average Bonchev–Trinajstić information content (AvgIpc) is 2.04. The zero-order valence-corrected chi connectivity index (χ0v) is 6.85. The Labute approximate surface area is 73.8 Å². The number of aromatic nitrogens is 1. The highest BCUT2D eigenvalue weighted by atomic mass is 35.5. The van der Waals surface area contributed by atoms with Gasteiger partial charge in [-0.2, -0.15) is 0 Å². The van der Waals surface area contributed by atoms with Crippen molar-refractivity contribution in [3.8, 4) is 0 Å². The van der Waals surface area contributed by atoms with Crippen LogP contribution in [0, 0.1) is 5.82 Å². The molecule has 2 aromatic rings. The Balaban J connectivity index is 2.89. The van der Waals surface area contributed by atoms with Gasteiger partial charge in [0.2, 0.25) is 0 Å². The van der Waals surface area contributed by atoms with Gasteiger partial charge >= 0.3 is 0 Å². The minimum atomic E-state index is -0.333. The molecule has 1 heterocycles. The first-order valence-electron chi connectivity index (χ1n) is 3.46. The molecule has 1 nitrogen and oxygen atoms in total. The van der Waals surface area contributed by atoms with E-state index in [0.29, 0.717) is 5.02 Å². The van der Waals surface area contributed by atoms with E-state index in [1.807, 2.05) is 0 Å². The van der Waals surface area contributed by atoms with Crippen molar-refractivity contribution in [3.05, 3.63) is 41.4 Å². The summed E-state index contributed by atoms with van der Waals surface area (Å²) in [4.78, 5) is 3.87. The summed E-state index contributed by atoms with van der Waals surface area (Å²) in [5.41, 5.74) is 0. The number of nitrogens with zero attached hydrogens (tertiary/aromatic N) is 1. The molecule has 2 rings (SSSR count). The van der Waals surface area contributed by atoms with Gasteiger partial charge < -0.3 is 0 Å². The highest BCUT2D eigenvalue weighted by Gasteiger charge is 2.00. The SMILES string of the molecule is Fc1cc(Cl)c2ccncc2c1. The van der Waals surface area contributed by atoms with Gasteiger partial charge in [-0.15, -0.1) is 0 Å². The second-order valence-corrected chi connectivity index (χ2v) is 2.89. The second kappa shape index (κ2) is 2.72. The highest BCUT2D eigenvalue weighted by molar-refractivity contribution is 6.35. The Bertz CT molecular complexity index is 428. The Morgan fingerprint density at radius 1 is 1.33 bits per heavy atom. The summed E-state index contributed by atoms with van der Waals surface area (Å²) in [6, 6.07) is 4.47. The lowest BCUT2D eigenvalue weighted by atomic mass is 10.2. The molecular weight excluding hydrogens is 177 g/mol. The van der Waals surface area contributed by atoms with Gasteiger partial charge in [0.05, 0.1) is 5.02 Å². The van der Waals surface area contributed by atoms with E-state index in [4.69, 9.17) is 11.6 Å². The summed E-state index contributed by atoms with van der Waals surface area (Å²) in [6.07, 6.45) is 3.22. The lowest BCUT2D eigenvalue weighted by Crippen LogP contribution is -1.79. The van der Waals surface area contributed by atoms with Crippen LogP contribution in [0.15, 0.2) is 30.6 Å². The van der Waals surface area contributed by atoms with Gasteiger partial charge in [-0.05, 0) is 18.2 Å². The largest absolute Gasteiger partial charge is 0.264 e. The third-order valence-corrected chi connectivity index (χ3v) is 1.98. The number of hydrogen-bond donors (Lipinski definition) is 0. The molecule has 1 aromatic heterocycles. The van der Waals surface area contributed by atoms with E-state index in [1.165, 1.54) is 12.1 Å². The Morgan fingerprint density at radius 3 is 3.00 bits per heavy atom.